The summed E-state index contributed by atoms with van der Waals surface area (Å²) in [5.74, 6) is 2.31. The molecule has 1 aliphatic rings. The number of nitrogens with zero attached hydrogens (tertiary/aromatic N) is 4. The molecule has 0 fully saturated rings. The third-order valence-electron chi connectivity index (χ3n) is 6.19. The van der Waals surface area contributed by atoms with Crippen LogP contribution in [0.15, 0.2) is 29.7 Å². The van der Waals surface area contributed by atoms with Crippen molar-refractivity contribution in [1.29, 1.82) is 0 Å². The number of hydrogen-bond donors (Lipinski definition) is 1. The Hall–Kier alpha value is -2.85. The summed E-state index contributed by atoms with van der Waals surface area (Å²) < 4.78 is 12.5. The zero-order valence-corrected chi connectivity index (χ0v) is 21.1. The van der Waals surface area contributed by atoms with E-state index in [1.807, 2.05) is 22.6 Å². The van der Waals surface area contributed by atoms with Gasteiger partial charge < -0.3 is 14.8 Å². The molecule has 5 rings (SSSR count). The highest BCUT2D eigenvalue weighted by Gasteiger charge is 2.24. The van der Waals surface area contributed by atoms with Crippen LogP contribution in [-0.2, 0) is 24.1 Å². The molecule has 178 valence electrons. The molecule has 1 aromatic carbocycles. The fourth-order valence-electron chi connectivity index (χ4n) is 4.38. The number of thiophene rings is 1. The summed E-state index contributed by atoms with van der Waals surface area (Å²) in [5.41, 5.74) is 3.29. The Morgan fingerprint density at radius 2 is 2.12 bits per heavy atom. The summed E-state index contributed by atoms with van der Waals surface area (Å²) >= 11 is 3.15. The lowest BCUT2D eigenvalue weighted by atomic mass is 9.89. The van der Waals surface area contributed by atoms with Crippen LogP contribution in [0, 0.1) is 5.92 Å². The van der Waals surface area contributed by atoms with E-state index >= 15 is 0 Å². The average Bonchev–Trinajstić information content (AvgIpc) is 3.42. The van der Waals surface area contributed by atoms with E-state index in [0.717, 1.165) is 34.3 Å². The predicted octanol–water partition coefficient (Wildman–Crippen LogP) is 3.93. The molecule has 4 aromatic rings. The van der Waals surface area contributed by atoms with Crippen LogP contribution in [0.4, 0.5) is 0 Å². The molecule has 1 amide bonds. The van der Waals surface area contributed by atoms with E-state index < -0.39 is 0 Å². The number of rotatable bonds is 8. The van der Waals surface area contributed by atoms with Gasteiger partial charge in [-0.1, -0.05) is 24.8 Å². The maximum absolute atomic E-state index is 12.4. The summed E-state index contributed by atoms with van der Waals surface area (Å²) in [7, 11) is 3.23. The second-order valence-corrected chi connectivity index (χ2v) is 10.6. The Balaban J connectivity index is 1.21. The summed E-state index contributed by atoms with van der Waals surface area (Å²) in [6.07, 6.45) is 5.85. The van der Waals surface area contributed by atoms with Gasteiger partial charge in [0.25, 0.3) is 0 Å². The highest BCUT2D eigenvalue weighted by atomic mass is 32.2. The van der Waals surface area contributed by atoms with Crippen molar-refractivity contribution >= 4 is 44.9 Å². The molecule has 0 saturated heterocycles. The van der Waals surface area contributed by atoms with Gasteiger partial charge in [-0.15, -0.1) is 21.5 Å². The van der Waals surface area contributed by atoms with Gasteiger partial charge in [-0.3, -0.25) is 9.20 Å². The maximum Gasteiger partial charge on any atom is 0.230 e. The number of hydrogen-bond acceptors (Lipinski definition) is 8. The van der Waals surface area contributed by atoms with Gasteiger partial charge in [0.05, 0.1) is 25.4 Å². The van der Waals surface area contributed by atoms with Gasteiger partial charge in [0, 0.05) is 11.4 Å². The highest BCUT2D eigenvalue weighted by molar-refractivity contribution is 7.99. The number of benzene rings is 1. The molecule has 1 N–H and O–H groups in total. The van der Waals surface area contributed by atoms with E-state index in [1.165, 1.54) is 28.6 Å². The largest absolute Gasteiger partial charge is 0.493 e. The van der Waals surface area contributed by atoms with Gasteiger partial charge >= 0.3 is 0 Å². The third kappa shape index (κ3) is 4.44. The van der Waals surface area contributed by atoms with Crippen LogP contribution in [0.3, 0.4) is 0 Å². The molecule has 0 radical (unpaired) electrons. The summed E-state index contributed by atoms with van der Waals surface area (Å²) in [5, 5.41) is 13.6. The third-order valence-corrected chi connectivity index (χ3v) is 8.29. The van der Waals surface area contributed by atoms with Gasteiger partial charge in [-0.05, 0) is 54.9 Å². The first-order valence-corrected chi connectivity index (χ1v) is 13.1. The molecule has 0 bridgehead atoms. The normalized spacial score (nSPS) is 15.4. The molecule has 8 nitrogen and oxygen atoms in total. The number of aromatic nitrogens is 4. The van der Waals surface area contributed by atoms with E-state index in [0.29, 0.717) is 35.5 Å². The fraction of sp³-hybridized carbons (Fsp3) is 0.417. The van der Waals surface area contributed by atoms with Crippen molar-refractivity contribution in [2.45, 2.75) is 37.8 Å². The molecule has 0 aliphatic heterocycles. The quantitative estimate of drug-likeness (QED) is 0.369. The van der Waals surface area contributed by atoms with Crippen LogP contribution in [0.5, 0.6) is 11.5 Å². The van der Waals surface area contributed by atoms with Gasteiger partial charge in [-0.25, -0.2) is 4.98 Å². The average molecular weight is 498 g/mol. The van der Waals surface area contributed by atoms with E-state index in [-0.39, 0.29) is 11.7 Å². The molecule has 0 spiro atoms. The van der Waals surface area contributed by atoms with Gasteiger partial charge in [0.15, 0.2) is 22.3 Å². The second-order valence-electron chi connectivity index (χ2n) is 8.53. The van der Waals surface area contributed by atoms with Gasteiger partial charge in [0.1, 0.15) is 11.2 Å². The van der Waals surface area contributed by atoms with Crippen LogP contribution in [-0.4, -0.2) is 52.0 Å². The van der Waals surface area contributed by atoms with E-state index in [4.69, 9.17) is 9.47 Å². The number of carbonyl (C=O) groups excluding carboxylic acids is 1. The number of amides is 1. The Kier molecular flexibility index (Phi) is 6.60. The molecular weight excluding hydrogens is 470 g/mol. The maximum atomic E-state index is 12.4. The molecule has 10 heteroatoms. The first-order chi connectivity index (χ1) is 16.6. The van der Waals surface area contributed by atoms with Crippen molar-refractivity contribution in [2.24, 2.45) is 5.92 Å². The topological polar surface area (TPSA) is 90.6 Å². The van der Waals surface area contributed by atoms with Crippen LogP contribution in [0.25, 0.3) is 15.9 Å². The first-order valence-electron chi connectivity index (χ1n) is 11.3. The molecule has 1 aliphatic carbocycles. The lowest BCUT2D eigenvalue weighted by molar-refractivity contribution is -0.118. The summed E-state index contributed by atoms with van der Waals surface area (Å²) in [4.78, 5) is 19.6. The zero-order valence-electron chi connectivity index (χ0n) is 19.5. The second kappa shape index (κ2) is 9.79. The molecule has 34 heavy (non-hydrogen) atoms. The number of fused-ring (bicyclic) bond motifs is 5. The van der Waals surface area contributed by atoms with Crippen molar-refractivity contribution in [1.82, 2.24) is 24.9 Å². The van der Waals surface area contributed by atoms with Crippen molar-refractivity contribution in [3.05, 3.63) is 40.5 Å². The van der Waals surface area contributed by atoms with Crippen LogP contribution in [0.1, 0.15) is 29.3 Å². The molecule has 1 atom stereocenters. The number of thioether (sulfide) groups is 1. The summed E-state index contributed by atoms with van der Waals surface area (Å²) in [6, 6.07) is 5.78. The standard InChI is InChI=1S/C24H27N5O3S2/c1-14-4-6-16-19(10-14)34-23-21(16)22-27-28-24(29(22)13-26-23)33-12-20(30)25-9-8-15-5-7-17(31-2)18(11-15)32-3/h5,7,11,13-14H,4,6,8-10,12H2,1-3H3,(H,25,30). The number of ether oxygens (including phenoxy) is 2. The minimum absolute atomic E-state index is 0.0434. The lowest BCUT2D eigenvalue weighted by Crippen LogP contribution is -2.27. The van der Waals surface area contributed by atoms with Crippen molar-refractivity contribution in [3.8, 4) is 11.5 Å². The SMILES string of the molecule is COc1ccc(CCNC(=O)CSc2nnc3c4c5c(sc4ncn23)CC(C)CC5)cc1OC. The Labute approximate surface area is 206 Å². The fourth-order valence-corrected chi connectivity index (χ4v) is 6.46. The number of nitrogens with one attached hydrogen (secondary N) is 1. The Bertz CT molecular complexity index is 1350. The van der Waals surface area contributed by atoms with Crippen LogP contribution >= 0.6 is 23.1 Å². The molecule has 3 heterocycles. The lowest BCUT2D eigenvalue weighted by Gasteiger charge is -2.17. The van der Waals surface area contributed by atoms with Crippen molar-refractivity contribution < 1.29 is 14.3 Å². The van der Waals surface area contributed by atoms with E-state index in [1.54, 1.807) is 31.9 Å². The summed E-state index contributed by atoms with van der Waals surface area (Å²) in [6.45, 7) is 2.85. The van der Waals surface area contributed by atoms with Crippen LogP contribution in [0.2, 0.25) is 0 Å². The van der Waals surface area contributed by atoms with Crippen molar-refractivity contribution in [2.75, 3.05) is 26.5 Å². The van der Waals surface area contributed by atoms with Crippen molar-refractivity contribution in [3.63, 3.8) is 0 Å². The number of carbonyl (C=O) groups is 1. The van der Waals surface area contributed by atoms with E-state index in [9.17, 15) is 4.79 Å². The monoisotopic (exact) mass is 497 g/mol. The number of methoxy groups -OCH3 is 2. The smallest absolute Gasteiger partial charge is 0.230 e. The van der Waals surface area contributed by atoms with Gasteiger partial charge in [0.2, 0.25) is 5.91 Å². The minimum Gasteiger partial charge on any atom is -0.493 e. The minimum atomic E-state index is -0.0434. The van der Waals surface area contributed by atoms with Crippen LogP contribution < -0.4 is 14.8 Å². The first kappa shape index (κ1) is 22.9. The van der Waals surface area contributed by atoms with E-state index in [2.05, 4.69) is 27.4 Å². The highest BCUT2D eigenvalue weighted by Crippen LogP contribution is 2.39. The molecule has 3 aromatic heterocycles. The van der Waals surface area contributed by atoms with Gasteiger partial charge in [-0.2, -0.15) is 0 Å². The molecule has 1 unspecified atom stereocenters. The molecular formula is C24H27N5O3S2. The molecule has 0 saturated carbocycles. The Morgan fingerprint density at radius 1 is 1.26 bits per heavy atom. The Morgan fingerprint density at radius 3 is 2.94 bits per heavy atom. The number of aryl methyl sites for hydroxylation is 1. The zero-order chi connectivity index (χ0) is 23.7. The predicted molar refractivity (Wildman–Crippen MR) is 134 cm³/mol.